The lowest BCUT2D eigenvalue weighted by Gasteiger charge is -2.37. The van der Waals surface area contributed by atoms with Gasteiger partial charge in [0.15, 0.2) is 10.9 Å². The van der Waals surface area contributed by atoms with Gasteiger partial charge in [-0.3, -0.25) is 14.5 Å². The van der Waals surface area contributed by atoms with Crippen LogP contribution in [0.4, 0.5) is 22.7 Å². The third-order valence-corrected chi connectivity index (χ3v) is 8.02. The number of thiocarbonyl (C=S) groups is 1. The van der Waals surface area contributed by atoms with E-state index in [1.54, 1.807) is 55.1 Å². The molecule has 8 nitrogen and oxygen atoms in total. The Kier molecular flexibility index (Phi) is 7.38. The summed E-state index contributed by atoms with van der Waals surface area (Å²) < 4.78 is 0. The van der Waals surface area contributed by atoms with E-state index in [-0.39, 0.29) is 18.2 Å². The molecule has 0 atom stereocenters. The molecule has 10 heteroatoms. The third kappa shape index (κ3) is 5.24. The normalized spacial score (nSPS) is 17.1. The SMILES string of the molecule is CC1(C)C(=O)N(c2ccc(N3CCN(c4ccc(N=O)cc4)CC3)cc2)C(=S)N1CC(=O)c1ccc(Cl)cc1. The maximum atomic E-state index is 13.4. The summed E-state index contributed by atoms with van der Waals surface area (Å²) in [6, 6.07) is 21.8. The summed E-state index contributed by atoms with van der Waals surface area (Å²) in [4.78, 5) is 44.9. The van der Waals surface area contributed by atoms with E-state index < -0.39 is 5.54 Å². The monoisotopic (exact) mass is 561 g/mol. The van der Waals surface area contributed by atoms with Crippen molar-refractivity contribution in [2.24, 2.45) is 5.18 Å². The molecule has 0 aromatic heterocycles. The molecule has 2 heterocycles. The van der Waals surface area contributed by atoms with Gasteiger partial charge in [-0.1, -0.05) is 11.6 Å². The Morgan fingerprint density at radius 2 is 1.33 bits per heavy atom. The zero-order chi connectivity index (χ0) is 27.7. The van der Waals surface area contributed by atoms with Crippen molar-refractivity contribution < 1.29 is 9.59 Å². The number of carbonyl (C=O) groups is 2. The number of rotatable bonds is 7. The number of benzene rings is 3. The first kappa shape index (κ1) is 26.8. The molecule has 2 saturated heterocycles. The van der Waals surface area contributed by atoms with Gasteiger partial charge in [-0.25, -0.2) is 0 Å². The van der Waals surface area contributed by atoms with E-state index in [0.29, 0.717) is 27.1 Å². The number of hydrogen-bond acceptors (Lipinski definition) is 7. The Balaban J connectivity index is 1.25. The number of anilines is 3. The standard InChI is InChI=1S/C29H28ClN5O3S/c1-29(2)27(37)35(28(39)34(29)19-26(36)20-3-5-21(30)6-4-20)25-13-11-24(12-14-25)33-17-15-32(16-18-33)23-9-7-22(31-38)8-10-23/h3-14H,15-19H2,1-2H3. The molecule has 2 aliphatic rings. The fourth-order valence-electron chi connectivity index (χ4n) is 4.96. The summed E-state index contributed by atoms with van der Waals surface area (Å²) in [5.74, 6) is -0.309. The Morgan fingerprint density at radius 3 is 1.85 bits per heavy atom. The fraction of sp³-hybridized carbons (Fsp3) is 0.276. The van der Waals surface area contributed by atoms with Crippen molar-refractivity contribution in [3.8, 4) is 0 Å². The number of nitrogens with zero attached hydrogens (tertiary/aromatic N) is 5. The number of halogens is 1. The molecule has 0 radical (unpaired) electrons. The van der Waals surface area contributed by atoms with Crippen molar-refractivity contribution in [3.63, 3.8) is 0 Å². The molecule has 5 rings (SSSR count). The van der Waals surface area contributed by atoms with Crippen LogP contribution in [0.15, 0.2) is 78.0 Å². The topological polar surface area (TPSA) is 76.5 Å². The van der Waals surface area contributed by atoms with Crippen LogP contribution in [0.3, 0.4) is 0 Å². The molecular formula is C29H28ClN5O3S. The lowest BCUT2D eigenvalue weighted by atomic mass is 10.0. The van der Waals surface area contributed by atoms with Gasteiger partial charge in [-0.2, -0.15) is 0 Å². The minimum absolute atomic E-state index is 0.00749. The fourth-order valence-corrected chi connectivity index (χ4v) is 5.57. The maximum Gasteiger partial charge on any atom is 0.258 e. The Bertz CT molecular complexity index is 1400. The van der Waals surface area contributed by atoms with E-state index in [1.807, 2.05) is 36.4 Å². The summed E-state index contributed by atoms with van der Waals surface area (Å²) >= 11 is 11.7. The van der Waals surface area contributed by atoms with Crippen LogP contribution in [0.2, 0.25) is 5.02 Å². The van der Waals surface area contributed by atoms with Gasteiger partial charge >= 0.3 is 0 Å². The molecule has 3 aromatic carbocycles. The summed E-state index contributed by atoms with van der Waals surface area (Å²) in [5.41, 5.74) is 2.78. The number of piperazine rings is 1. The highest BCUT2D eigenvalue weighted by Gasteiger charge is 2.50. The van der Waals surface area contributed by atoms with Crippen LogP contribution in [0.5, 0.6) is 0 Å². The number of hydrogen-bond donors (Lipinski definition) is 0. The molecule has 2 aliphatic heterocycles. The number of ketones is 1. The van der Waals surface area contributed by atoms with Crippen LogP contribution in [0.1, 0.15) is 24.2 Å². The molecule has 0 aliphatic carbocycles. The van der Waals surface area contributed by atoms with E-state index in [0.717, 1.165) is 37.6 Å². The summed E-state index contributed by atoms with van der Waals surface area (Å²) in [5, 5.41) is 3.83. The van der Waals surface area contributed by atoms with Gasteiger partial charge in [-0.15, -0.1) is 4.91 Å². The van der Waals surface area contributed by atoms with E-state index in [4.69, 9.17) is 23.8 Å². The van der Waals surface area contributed by atoms with Gasteiger partial charge < -0.3 is 14.7 Å². The van der Waals surface area contributed by atoms with Gasteiger partial charge in [-0.05, 0) is 104 Å². The predicted molar refractivity (Wildman–Crippen MR) is 159 cm³/mol. The zero-order valence-electron chi connectivity index (χ0n) is 21.7. The largest absolute Gasteiger partial charge is 0.368 e. The number of Topliss-reactive ketones (excluding diaryl/α,β-unsaturated/α-hetero) is 1. The van der Waals surface area contributed by atoms with Gasteiger partial charge in [0.2, 0.25) is 0 Å². The molecule has 0 bridgehead atoms. The first-order chi connectivity index (χ1) is 18.7. The minimum Gasteiger partial charge on any atom is -0.368 e. The molecule has 200 valence electrons. The Labute approximate surface area is 237 Å². The van der Waals surface area contributed by atoms with Crippen molar-refractivity contribution in [1.29, 1.82) is 0 Å². The van der Waals surface area contributed by atoms with Crippen molar-refractivity contribution in [2.75, 3.05) is 47.4 Å². The summed E-state index contributed by atoms with van der Waals surface area (Å²) in [6.45, 7) is 6.92. The van der Waals surface area contributed by atoms with Gasteiger partial charge in [0, 0.05) is 48.1 Å². The first-order valence-electron chi connectivity index (χ1n) is 12.7. The quantitative estimate of drug-likeness (QED) is 0.209. The summed E-state index contributed by atoms with van der Waals surface area (Å²) in [6.07, 6.45) is 0. The second kappa shape index (κ2) is 10.7. The lowest BCUT2D eigenvalue weighted by molar-refractivity contribution is -0.123. The van der Waals surface area contributed by atoms with Crippen LogP contribution in [-0.2, 0) is 4.79 Å². The first-order valence-corrected chi connectivity index (χ1v) is 13.5. The average molecular weight is 562 g/mol. The van der Waals surface area contributed by atoms with E-state index in [2.05, 4.69) is 15.0 Å². The van der Waals surface area contributed by atoms with Gasteiger partial charge in [0.05, 0.1) is 12.2 Å². The second-order valence-electron chi connectivity index (χ2n) is 10.1. The summed E-state index contributed by atoms with van der Waals surface area (Å²) in [7, 11) is 0. The van der Waals surface area contributed by atoms with Crippen molar-refractivity contribution >= 4 is 63.4 Å². The molecular weight excluding hydrogens is 534 g/mol. The number of carbonyl (C=O) groups excluding carboxylic acids is 2. The molecule has 0 unspecified atom stereocenters. The van der Waals surface area contributed by atoms with E-state index in [9.17, 15) is 14.5 Å². The third-order valence-electron chi connectivity index (χ3n) is 7.36. The van der Waals surface area contributed by atoms with Crippen LogP contribution in [0.25, 0.3) is 0 Å². The highest BCUT2D eigenvalue weighted by Crippen LogP contribution is 2.34. The van der Waals surface area contributed by atoms with Crippen molar-refractivity contribution in [3.05, 3.63) is 88.3 Å². The zero-order valence-corrected chi connectivity index (χ0v) is 23.3. The molecule has 0 spiro atoms. The molecule has 0 N–H and O–H groups in total. The highest BCUT2D eigenvalue weighted by atomic mass is 35.5. The highest BCUT2D eigenvalue weighted by molar-refractivity contribution is 7.80. The second-order valence-corrected chi connectivity index (χ2v) is 10.9. The van der Waals surface area contributed by atoms with Crippen LogP contribution in [-0.4, -0.2) is 60.0 Å². The van der Waals surface area contributed by atoms with Crippen LogP contribution in [0, 0.1) is 4.91 Å². The predicted octanol–water partition coefficient (Wildman–Crippen LogP) is 5.66. The van der Waals surface area contributed by atoms with Crippen molar-refractivity contribution in [1.82, 2.24) is 4.90 Å². The average Bonchev–Trinajstić information content (AvgIpc) is 3.12. The molecule has 0 saturated carbocycles. The Hall–Kier alpha value is -3.82. The van der Waals surface area contributed by atoms with Crippen molar-refractivity contribution in [2.45, 2.75) is 19.4 Å². The van der Waals surface area contributed by atoms with Gasteiger partial charge in [0.1, 0.15) is 11.2 Å². The number of nitroso groups, excluding NO2 is 1. The number of amides is 1. The lowest BCUT2D eigenvalue weighted by Crippen LogP contribution is -2.46. The van der Waals surface area contributed by atoms with Crippen LogP contribution >= 0.6 is 23.8 Å². The maximum absolute atomic E-state index is 13.4. The van der Waals surface area contributed by atoms with Gasteiger partial charge in [0.25, 0.3) is 5.91 Å². The molecule has 39 heavy (non-hydrogen) atoms. The van der Waals surface area contributed by atoms with Crippen LogP contribution < -0.4 is 14.7 Å². The molecule has 3 aromatic rings. The molecule has 1 amide bonds. The Morgan fingerprint density at radius 1 is 0.846 bits per heavy atom. The van der Waals surface area contributed by atoms with E-state index in [1.165, 1.54) is 4.90 Å². The molecule has 2 fully saturated rings. The minimum atomic E-state index is -0.964. The smallest absolute Gasteiger partial charge is 0.258 e. The van der Waals surface area contributed by atoms with E-state index >= 15 is 0 Å².